The van der Waals surface area contributed by atoms with Crippen LogP contribution < -0.4 is 0 Å². The van der Waals surface area contributed by atoms with Gasteiger partial charge < -0.3 is 5.11 Å². The van der Waals surface area contributed by atoms with Crippen molar-refractivity contribution in [1.29, 1.82) is 0 Å². The fraction of sp³-hybridized carbons (Fsp3) is 0.500. The molecule has 0 aromatic heterocycles. The second kappa shape index (κ2) is 5.54. The fourth-order valence-corrected chi connectivity index (χ4v) is 3.63. The molecule has 1 aromatic rings. The van der Waals surface area contributed by atoms with Crippen LogP contribution in [-0.2, 0) is 14.8 Å². The molecule has 0 atom stereocenters. The summed E-state index contributed by atoms with van der Waals surface area (Å²) in [6.07, 6.45) is 0. The number of carboxylic acid groups (broad SMARTS) is 1. The second-order valence-electron chi connectivity index (χ2n) is 5.82. The third-order valence-corrected chi connectivity index (χ3v) is 5.20. The maximum absolute atomic E-state index is 12.6. The lowest BCUT2D eigenvalue weighted by Gasteiger charge is -2.33. The smallest absolute Gasteiger partial charge is 0.318 e. The predicted octanol–water partition coefficient (Wildman–Crippen LogP) is 2.18. The van der Waals surface area contributed by atoms with Crippen LogP contribution in [0.15, 0.2) is 23.1 Å². The Morgan fingerprint density at radius 3 is 2.15 bits per heavy atom. The zero-order chi connectivity index (χ0) is 15.7. The molecule has 0 aliphatic rings. The zero-order valence-electron chi connectivity index (χ0n) is 12.5. The van der Waals surface area contributed by atoms with Crippen LogP contribution in [-0.4, -0.2) is 35.9 Å². The maximum Gasteiger partial charge on any atom is 0.318 e. The highest BCUT2D eigenvalue weighted by molar-refractivity contribution is 7.89. The molecule has 0 saturated heterocycles. The molecular formula is C14H21NO4S. The van der Waals surface area contributed by atoms with Crippen LogP contribution in [0.2, 0.25) is 0 Å². The van der Waals surface area contributed by atoms with Gasteiger partial charge in [-0.2, -0.15) is 4.31 Å². The summed E-state index contributed by atoms with van der Waals surface area (Å²) in [5.74, 6) is -1.17. The molecule has 0 heterocycles. The van der Waals surface area contributed by atoms with E-state index in [-0.39, 0.29) is 4.90 Å². The van der Waals surface area contributed by atoms with E-state index in [2.05, 4.69) is 0 Å². The van der Waals surface area contributed by atoms with Crippen LogP contribution in [0.4, 0.5) is 0 Å². The number of sulfonamides is 1. The Balaban J connectivity index is 3.36. The first-order valence-electron chi connectivity index (χ1n) is 6.28. The van der Waals surface area contributed by atoms with Crippen molar-refractivity contribution in [2.75, 3.05) is 6.54 Å². The SMILES string of the molecule is Cc1ccc(S(=O)(=O)N(CC(=O)O)C(C)(C)C)cc1C. The summed E-state index contributed by atoms with van der Waals surface area (Å²) in [6, 6.07) is 4.81. The highest BCUT2D eigenvalue weighted by atomic mass is 32.2. The lowest BCUT2D eigenvalue weighted by Crippen LogP contribution is -2.48. The molecule has 0 saturated carbocycles. The van der Waals surface area contributed by atoms with Crippen molar-refractivity contribution < 1.29 is 18.3 Å². The van der Waals surface area contributed by atoms with Crippen LogP contribution in [0, 0.1) is 13.8 Å². The molecule has 0 aliphatic carbocycles. The van der Waals surface area contributed by atoms with Gasteiger partial charge in [-0.05, 0) is 57.9 Å². The molecule has 0 aliphatic heterocycles. The van der Waals surface area contributed by atoms with Gasteiger partial charge in [0.05, 0.1) is 4.90 Å². The first-order chi connectivity index (χ1) is 8.96. The highest BCUT2D eigenvalue weighted by Crippen LogP contribution is 2.25. The summed E-state index contributed by atoms with van der Waals surface area (Å²) in [7, 11) is -3.84. The molecule has 0 bridgehead atoms. The van der Waals surface area contributed by atoms with Gasteiger partial charge in [-0.25, -0.2) is 8.42 Å². The molecule has 1 rings (SSSR count). The molecule has 0 unspecified atom stereocenters. The summed E-state index contributed by atoms with van der Waals surface area (Å²) in [4.78, 5) is 11.1. The molecular weight excluding hydrogens is 278 g/mol. The maximum atomic E-state index is 12.6. The number of hydrogen-bond acceptors (Lipinski definition) is 3. The lowest BCUT2D eigenvalue weighted by molar-refractivity contribution is -0.138. The average molecular weight is 299 g/mol. The minimum Gasteiger partial charge on any atom is -0.480 e. The van der Waals surface area contributed by atoms with E-state index in [9.17, 15) is 13.2 Å². The number of aliphatic carboxylic acids is 1. The Morgan fingerprint density at radius 1 is 1.20 bits per heavy atom. The van der Waals surface area contributed by atoms with Crippen molar-refractivity contribution >= 4 is 16.0 Å². The van der Waals surface area contributed by atoms with E-state index in [1.807, 2.05) is 13.8 Å². The summed E-state index contributed by atoms with van der Waals surface area (Å²) in [5, 5.41) is 8.95. The van der Waals surface area contributed by atoms with Crippen molar-refractivity contribution in [2.24, 2.45) is 0 Å². The Kier molecular flexibility index (Phi) is 4.61. The Labute approximate surface area is 120 Å². The first-order valence-corrected chi connectivity index (χ1v) is 7.72. The summed E-state index contributed by atoms with van der Waals surface area (Å²) < 4.78 is 26.3. The monoisotopic (exact) mass is 299 g/mol. The van der Waals surface area contributed by atoms with Gasteiger partial charge in [0.2, 0.25) is 10.0 Å². The van der Waals surface area contributed by atoms with Crippen LogP contribution in [0.3, 0.4) is 0 Å². The van der Waals surface area contributed by atoms with E-state index < -0.39 is 28.1 Å². The standard InChI is InChI=1S/C14H21NO4S/c1-10-6-7-12(8-11(10)2)20(18,19)15(9-13(16)17)14(3,4)5/h6-8H,9H2,1-5H3,(H,16,17). The average Bonchev–Trinajstić information content (AvgIpc) is 2.27. The summed E-state index contributed by atoms with van der Waals surface area (Å²) in [5.41, 5.74) is 1.04. The number of nitrogens with zero attached hydrogens (tertiary/aromatic N) is 1. The molecule has 1 aromatic carbocycles. The fourth-order valence-electron chi connectivity index (χ4n) is 1.81. The quantitative estimate of drug-likeness (QED) is 0.924. The third kappa shape index (κ3) is 3.58. The minimum absolute atomic E-state index is 0.122. The Hall–Kier alpha value is -1.40. The number of carboxylic acids is 1. The molecule has 112 valence electrons. The van der Waals surface area contributed by atoms with Crippen molar-refractivity contribution in [3.63, 3.8) is 0 Å². The van der Waals surface area contributed by atoms with Crippen LogP contribution in [0.25, 0.3) is 0 Å². The predicted molar refractivity (Wildman–Crippen MR) is 77.2 cm³/mol. The van der Waals surface area contributed by atoms with Crippen LogP contribution in [0.1, 0.15) is 31.9 Å². The summed E-state index contributed by atoms with van der Waals surface area (Å²) >= 11 is 0. The molecule has 0 spiro atoms. The largest absolute Gasteiger partial charge is 0.480 e. The topological polar surface area (TPSA) is 74.7 Å². The molecule has 0 fully saturated rings. The Morgan fingerprint density at radius 2 is 1.75 bits per heavy atom. The van der Waals surface area contributed by atoms with Crippen LogP contribution >= 0.6 is 0 Å². The number of aryl methyl sites for hydroxylation is 2. The van der Waals surface area contributed by atoms with Crippen molar-refractivity contribution in [2.45, 2.75) is 45.1 Å². The van der Waals surface area contributed by atoms with E-state index in [0.717, 1.165) is 15.4 Å². The molecule has 6 heteroatoms. The molecule has 0 amide bonds. The van der Waals surface area contributed by atoms with Crippen LogP contribution in [0.5, 0.6) is 0 Å². The zero-order valence-corrected chi connectivity index (χ0v) is 13.3. The van der Waals surface area contributed by atoms with Gasteiger partial charge in [-0.15, -0.1) is 0 Å². The van der Waals surface area contributed by atoms with Gasteiger partial charge in [0, 0.05) is 5.54 Å². The van der Waals surface area contributed by atoms with Crippen molar-refractivity contribution in [3.8, 4) is 0 Å². The second-order valence-corrected chi connectivity index (χ2v) is 7.68. The van der Waals surface area contributed by atoms with Gasteiger partial charge in [-0.1, -0.05) is 6.07 Å². The van der Waals surface area contributed by atoms with Crippen molar-refractivity contribution in [3.05, 3.63) is 29.3 Å². The minimum atomic E-state index is -3.84. The van der Waals surface area contributed by atoms with Crippen molar-refractivity contribution in [1.82, 2.24) is 4.31 Å². The number of carbonyl (C=O) groups is 1. The lowest BCUT2D eigenvalue weighted by atomic mass is 10.1. The van der Waals surface area contributed by atoms with Gasteiger partial charge in [0.1, 0.15) is 6.54 Å². The van der Waals surface area contributed by atoms with Gasteiger partial charge in [0.15, 0.2) is 0 Å². The summed E-state index contributed by atoms with van der Waals surface area (Å²) in [6.45, 7) is 8.19. The molecule has 0 radical (unpaired) electrons. The number of hydrogen-bond donors (Lipinski definition) is 1. The third-order valence-electron chi connectivity index (χ3n) is 3.09. The van der Waals surface area contributed by atoms with Gasteiger partial charge >= 0.3 is 5.97 Å². The molecule has 5 nitrogen and oxygen atoms in total. The van der Waals surface area contributed by atoms with E-state index in [1.54, 1.807) is 32.9 Å². The van der Waals surface area contributed by atoms with E-state index in [0.29, 0.717) is 0 Å². The van der Waals surface area contributed by atoms with Gasteiger partial charge in [0.25, 0.3) is 0 Å². The highest BCUT2D eigenvalue weighted by Gasteiger charge is 2.35. The number of rotatable bonds is 4. The normalized spacial score (nSPS) is 12.7. The van der Waals surface area contributed by atoms with Gasteiger partial charge in [-0.3, -0.25) is 4.79 Å². The Bertz CT molecular complexity index is 615. The first kappa shape index (κ1) is 16.7. The molecule has 20 heavy (non-hydrogen) atoms. The van der Waals surface area contributed by atoms with E-state index in [1.165, 1.54) is 6.07 Å². The van der Waals surface area contributed by atoms with E-state index >= 15 is 0 Å². The van der Waals surface area contributed by atoms with E-state index in [4.69, 9.17) is 5.11 Å². The molecule has 1 N–H and O–H groups in total. The number of benzene rings is 1.